The molecule has 0 saturated heterocycles. The van der Waals surface area contributed by atoms with Crippen molar-refractivity contribution in [2.75, 3.05) is 11.9 Å². The SMILES string of the molecule is CCOc1ccc2nc(NC(=O)c3ccnc(C)n3)sc2c1. The van der Waals surface area contributed by atoms with Crippen molar-refractivity contribution in [1.82, 2.24) is 15.0 Å². The van der Waals surface area contributed by atoms with Gasteiger partial charge in [-0.25, -0.2) is 15.0 Å². The highest BCUT2D eigenvalue weighted by molar-refractivity contribution is 7.22. The van der Waals surface area contributed by atoms with Gasteiger partial charge in [-0.1, -0.05) is 11.3 Å². The van der Waals surface area contributed by atoms with Gasteiger partial charge >= 0.3 is 0 Å². The maximum absolute atomic E-state index is 12.2. The maximum Gasteiger partial charge on any atom is 0.276 e. The Hall–Kier alpha value is -2.54. The molecular weight excluding hydrogens is 300 g/mol. The number of anilines is 1. The van der Waals surface area contributed by atoms with E-state index in [0.29, 0.717) is 23.3 Å². The number of amides is 1. The molecule has 3 rings (SSSR count). The van der Waals surface area contributed by atoms with Crippen LogP contribution in [0.5, 0.6) is 5.75 Å². The number of aryl methyl sites for hydroxylation is 1. The van der Waals surface area contributed by atoms with E-state index < -0.39 is 0 Å². The first-order chi connectivity index (χ1) is 10.7. The van der Waals surface area contributed by atoms with E-state index >= 15 is 0 Å². The van der Waals surface area contributed by atoms with Crippen LogP contribution in [-0.4, -0.2) is 27.5 Å². The molecule has 1 amide bonds. The largest absolute Gasteiger partial charge is 0.494 e. The standard InChI is InChI=1S/C15H14N4O2S/c1-3-21-10-4-5-11-13(8-10)22-15(18-11)19-14(20)12-6-7-16-9(2)17-12/h4-8H,3H2,1-2H3,(H,18,19,20). The number of rotatable bonds is 4. The molecule has 0 aliphatic rings. The number of fused-ring (bicyclic) bond motifs is 1. The fourth-order valence-corrected chi connectivity index (χ4v) is 2.85. The van der Waals surface area contributed by atoms with Crippen LogP contribution < -0.4 is 10.1 Å². The molecule has 7 heteroatoms. The Kier molecular flexibility index (Phi) is 3.97. The Morgan fingerprint density at radius 1 is 1.32 bits per heavy atom. The van der Waals surface area contributed by atoms with E-state index in [9.17, 15) is 4.79 Å². The van der Waals surface area contributed by atoms with Crippen LogP contribution in [0, 0.1) is 6.92 Å². The van der Waals surface area contributed by atoms with Crippen LogP contribution in [-0.2, 0) is 0 Å². The number of benzene rings is 1. The number of nitrogens with one attached hydrogen (secondary N) is 1. The van der Waals surface area contributed by atoms with E-state index in [1.807, 2.05) is 25.1 Å². The van der Waals surface area contributed by atoms with Crippen LogP contribution in [0.3, 0.4) is 0 Å². The highest BCUT2D eigenvalue weighted by Gasteiger charge is 2.12. The fourth-order valence-electron chi connectivity index (χ4n) is 1.96. The van der Waals surface area contributed by atoms with Gasteiger partial charge in [-0.2, -0.15) is 0 Å². The molecule has 3 aromatic rings. The number of hydrogen-bond donors (Lipinski definition) is 1. The molecule has 0 saturated carbocycles. The molecule has 0 aliphatic carbocycles. The number of thiazole rings is 1. The average molecular weight is 314 g/mol. The van der Waals surface area contributed by atoms with Crippen molar-refractivity contribution < 1.29 is 9.53 Å². The molecule has 1 N–H and O–H groups in total. The van der Waals surface area contributed by atoms with Gasteiger partial charge < -0.3 is 4.74 Å². The zero-order valence-corrected chi connectivity index (χ0v) is 13.0. The Bertz CT molecular complexity index is 831. The molecule has 1 aromatic carbocycles. The summed E-state index contributed by atoms with van der Waals surface area (Å²) in [6.45, 7) is 4.29. The summed E-state index contributed by atoms with van der Waals surface area (Å²) in [7, 11) is 0. The van der Waals surface area contributed by atoms with Crippen LogP contribution in [0.1, 0.15) is 23.2 Å². The lowest BCUT2D eigenvalue weighted by molar-refractivity contribution is 0.102. The summed E-state index contributed by atoms with van der Waals surface area (Å²) in [6.07, 6.45) is 1.56. The third-order valence-corrected chi connectivity index (χ3v) is 3.83. The number of hydrogen-bond acceptors (Lipinski definition) is 6. The van der Waals surface area contributed by atoms with Crippen molar-refractivity contribution in [2.45, 2.75) is 13.8 Å². The lowest BCUT2D eigenvalue weighted by atomic mass is 10.3. The van der Waals surface area contributed by atoms with Crippen LogP contribution in [0.15, 0.2) is 30.5 Å². The van der Waals surface area contributed by atoms with E-state index in [1.54, 1.807) is 19.2 Å². The Morgan fingerprint density at radius 2 is 2.18 bits per heavy atom. The van der Waals surface area contributed by atoms with E-state index in [1.165, 1.54) is 11.3 Å². The summed E-state index contributed by atoms with van der Waals surface area (Å²) in [5.41, 5.74) is 1.14. The van der Waals surface area contributed by atoms with Crippen LogP contribution in [0.25, 0.3) is 10.2 Å². The molecule has 0 fully saturated rings. The molecule has 0 unspecified atom stereocenters. The number of aromatic nitrogens is 3. The minimum Gasteiger partial charge on any atom is -0.494 e. The van der Waals surface area contributed by atoms with E-state index in [-0.39, 0.29) is 5.91 Å². The second-order valence-electron chi connectivity index (χ2n) is 4.52. The van der Waals surface area contributed by atoms with Gasteiger partial charge in [0.1, 0.15) is 17.3 Å². The van der Waals surface area contributed by atoms with Gasteiger partial charge in [-0.05, 0) is 38.1 Å². The zero-order valence-electron chi connectivity index (χ0n) is 12.2. The topological polar surface area (TPSA) is 77.0 Å². The predicted octanol–water partition coefficient (Wildman–Crippen LogP) is 3.05. The van der Waals surface area contributed by atoms with Crippen LogP contribution in [0.4, 0.5) is 5.13 Å². The quantitative estimate of drug-likeness (QED) is 0.801. The van der Waals surface area contributed by atoms with Crippen molar-refractivity contribution in [3.8, 4) is 5.75 Å². The van der Waals surface area contributed by atoms with Gasteiger partial charge in [0.2, 0.25) is 0 Å². The second-order valence-corrected chi connectivity index (χ2v) is 5.56. The summed E-state index contributed by atoms with van der Waals surface area (Å²) in [5.74, 6) is 1.05. The molecule has 6 nitrogen and oxygen atoms in total. The smallest absolute Gasteiger partial charge is 0.276 e. The first kappa shape index (κ1) is 14.4. The Morgan fingerprint density at radius 3 is 2.95 bits per heavy atom. The summed E-state index contributed by atoms with van der Waals surface area (Å²) in [5, 5.41) is 3.30. The van der Waals surface area contributed by atoms with Gasteiger partial charge in [0.05, 0.1) is 16.8 Å². The minimum atomic E-state index is -0.297. The van der Waals surface area contributed by atoms with Crippen LogP contribution in [0.2, 0.25) is 0 Å². The van der Waals surface area contributed by atoms with Gasteiger partial charge in [-0.3, -0.25) is 10.1 Å². The molecule has 0 spiro atoms. The second kappa shape index (κ2) is 6.07. The summed E-state index contributed by atoms with van der Waals surface area (Å²) in [6, 6.07) is 7.23. The molecular formula is C15H14N4O2S. The van der Waals surface area contributed by atoms with Gasteiger partial charge in [-0.15, -0.1) is 0 Å². The lowest BCUT2D eigenvalue weighted by Crippen LogP contribution is -2.14. The summed E-state index contributed by atoms with van der Waals surface area (Å²) in [4.78, 5) is 24.6. The molecule has 0 aliphatic heterocycles. The average Bonchev–Trinajstić information content (AvgIpc) is 2.89. The fraction of sp³-hybridized carbons (Fsp3) is 0.200. The predicted molar refractivity (Wildman–Crippen MR) is 85.5 cm³/mol. The van der Waals surface area contributed by atoms with Gasteiger partial charge in [0, 0.05) is 6.20 Å². The summed E-state index contributed by atoms with van der Waals surface area (Å²) >= 11 is 1.40. The van der Waals surface area contributed by atoms with E-state index in [0.717, 1.165) is 16.0 Å². The lowest BCUT2D eigenvalue weighted by Gasteiger charge is -2.00. The Labute approximate surface area is 131 Å². The van der Waals surface area contributed by atoms with E-state index in [2.05, 4.69) is 20.3 Å². The molecule has 0 radical (unpaired) electrons. The highest BCUT2D eigenvalue weighted by atomic mass is 32.1. The number of carbonyl (C=O) groups excluding carboxylic acids is 1. The molecule has 2 aromatic heterocycles. The molecule has 112 valence electrons. The normalized spacial score (nSPS) is 10.6. The van der Waals surface area contributed by atoms with Crippen LogP contribution >= 0.6 is 11.3 Å². The maximum atomic E-state index is 12.2. The van der Waals surface area contributed by atoms with Gasteiger partial charge in [0.25, 0.3) is 5.91 Å². The van der Waals surface area contributed by atoms with Crippen molar-refractivity contribution in [3.05, 3.63) is 42.0 Å². The third-order valence-electron chi connectivity index (χ3n) is 2.90. The van der Waals surface area contributed by atoms with Crippen molar-refractivity contribution >= 4 is 32.6 Å². The molecule has 0 atom stereocenters. The monoisotopic (exact) mass is 314 g/mol. The minimum absolute atomic E-state index is 0.297. The zero-order chi connectivity index (χ0) is 15.5. The van der Waals surface area contributed by atoms with Crippen molar-refractivity contribution in [1.29, 1.82) is 0 Å². The Balaban J connectivity index is 1.83. The van der Waals surface area contributed by atoms with Crippen molar-refractivity contribution in [3.63, 3.8) is 0 Å². The first-order valence-electron chi connectivity index (χ1n) is 6.80. The highest BCUT2D eigenvalue weighted by Crippen LogP contribution is 2.29. The number of ether oxygens (including phenoxy) is 1. The number of nitrogens with zero attached hydrogens (tertiary/aromatic N) is 3. The summed E-state index contributed by atoms with van der Waals surface area (Å²) < 4.78 is 6.42. The molecule has 0 bridgehead atoms. The molecule has 22 heavy (non-hydrogen) atoms. The number of carbonyl (C=O) groups is 1. The van der Waals surface area contributed by atoms with Crippen molar-refractivity contribution in [2.24, 2.45) is 0 Å². The van der Waals surface area contributed by atoms with Gasteiger partial charge in [0.15, 0.2) is 5.13 Å². The van der Waals surface area contributed by atoms with E-state index in [4.69, 9.17) is 4.74 Å². The first-order valence-corrected chi connectivity index (χ1v) is 7.62. The molecule has 2 heterocycles. The third kappa shape index (κ3) is 3.04.